The summed E-state index contributed by atoms with van der Waals surface area (Å²) in [4.78, 5) is 0. The summed E-state index contributed by atoms with van der Waals surface area (Å²) >= 11 is 3.27. The molecule has 1 aromatic heterocycles. The molecule has 0 aliphatic rings. The summed E-state index contributed by atoms with van der Waals surface area (Å²) < 4.78 is 35.3. The number of nitrogens with one attached hydrogen (secondary N) is 1. The molecular weight excluding hydrogens is 344 g/mol. The first-order chi connectivity index (χ1) is 10.1. The number of halogens is 3. The second-order valence-electron chi connectivity index (χ2n) is 4.48. The lowest BCUT2D eigenvalue weighted by Crippen LogP contribution is -2.22. The van der Waals surface area contributed by atoms with Gasteiger partial charge in [-0.25, -0.2) is 0 Å². The molecule has 1 heterocycles. The average molecular weight is 360 g/mol. The van der Waals surface area contributed by atoms with E-state index in [-0.39, 0.29) is 11.8 Å². The number of benzene rings is 1. The van der Waals surface area contributed by atoms with Crippen molar-refractivity contribution >= 4 is 15.9 Å². The van der Waals surface area contributed by atoms with Crippen LogP contribution in [0.15, 0.2) is 45.5 Å². The van der Waals surface area contributed by atoms with Crippen molar-refractivity contribution in [3.8, 4) is 5.75 Å². The van der Waals surface area contributed by atoms with Crippen LogP contribution in [0.4, 0.5) is 8.78 Å². The van der Waals surface area contributed by atoms with Crippen LogP contribution < -0.4 is 10.1 Å². The predicted octanol–water partition coefficient (Wildman–Crippen LogP) is 4.73. The van der Waals surface area contributed by atoms with Crippen molar-refractivity contribution in [3.63, 3.8) is 0 Å². The maximum atomic E-state index is 12.3. The Morgan fingerprint density at radius 2 is 2.10 bits per heavy atom. The van der Waals surface area contributed by atoms with Crippen molar-refractivity contribution in [2.75, 3.05) is 6.54 Å². The van der Waals surface area contributed by atoms with Crippen molar-refractivity contribution in [2.24, 2.45) is 0 Å². The van der Waals surface area contributed by atoms with E-state index in [9.17, 15) is 8.78 Å². The Balaban J connectivity index is 2.27. The Hall–Kier alpha value is -1.40. The molecule has 1 unspecified atom stereocenters. The first-order valence-electron chi connectivity index (χ1n) is 6.63. The summed E-state index contributed by atoms with van der Waals surface area (Å²) in [6, 6.07) is 10.1. The number of alkyl halides is 2. The van der Waals surface area contributed by atoms with Gasteiger partial charge in [0.1, 0.15) is 11.5 Å². The van der Waals surface area contributed by atoms with E-state index in [1.807, 2.05) is 12.1 Å². The van der Waals surface area contributed by atoms with Crippen LogP contribution in [0, 0.1) is 0 Å². The van der Waals surface area contributed by atoms with E-state index in [4.69, 9.17) is 4.42 Å². The molecule has 0 fully saturated rings. The summed E-state index contributed by atoms with van der Waals surface area (Å²) in [7, 11) is 0. The second kappa shape index (κ2) is 7.56. The summed E-state index contributed by atoms with van der Waals surface area (Å²) in [5.41, 5.74) is 0.809. The maximum absolute atomic E-state index is 12.3. The van der Waals surface area contributed by atoms with Crippen LogP contribution in [0.25, 0.3) is 0 Å². The summed E-state index contributed by atoms with van der Waals surface area (Å²) in [5.74, 6) is 0.848. The average Bonchev–Trinajstić information content (AvgIpc) is 2.85. The maximum Gasteiger partial charge on any atom is 0.387 e. The quantitative estimate of drug-likeness (QED) is 0.775. The molecule has 1 atom stereocenters. The summed E-state index contributed by atoms with van der Waals surface area (Å²) in [6.07, 6.45) is 0.950. The Bertz CT molecular complexity index is 574. The van der Waals surface area contributed by atoms with Crippen LogP contribution in [0.5, 0.6) is 5.75 Å². The van der Waals surface area contributed by atoms with Gasteiger partial charge in [-0.05, 0) is 58.7 Å². The molecule has 2 aromatic rings. The number of hydrogen-bond acceptors (Lipinski definition) is 3. The largest absolute Gasteiger partial charge is 0.452 e. The van der Waals surface area contributed by atoms with Gasteiger partial charge in [0.2, 0.25) is 0 Å². The highest BCUT2D eigenvalue weighted by Crippen LogP contribution is 2.28. The van der Waals surface area contributed by atoms with Crippen LogP contribution in [0.3, 0.4) is 0 Å². The Morgan fingerprint density at radius 3 is 2.71 bits per heavy atom. The van der Waals surface area contributed by atoms with Crippen LogP contribution >= 0.6 is 15.9 Å². The molecule has 0 bridgehead atoms. The van der Waals surface area contributed by atoms with Gasteiger partial charge in [0.05, 0.1) is 6.04 Å². The van der Waals surface area contributed by atoms with Crippen molar-refractivity contribution < 1.29 is 17.9 Å². The fourth-order valence-corrected chi connectivity index (χ4v) is 2.34. The van der Waals surface area contributed by atoms with E-state index < -0.39 is 6.61 Å². The fourth-order valence-electron chi connectivity index (χ4n) is 2.03. The first-order valence-corrected chi connectivity index (χ1v) is 7.43. The highest BCUT2D eigenvalue weighted by atomic mass is 79.9. The van der Waals surface area contributed by atoms with Gasteiger partial charge in [-0.15, -0.1) is 0 Å². The van der Waals surface area contributed by atoms with Crippen LogP contribution in [-0.2, 0) is 0 Å². The molecule has 1 N–H and O–H groups in total. The smallest absolute Gasteiger partial charge is 0.387 e. The molecule has 0 amide bonds. The molecule has 0 spiro atoms. The Kier molecular flexibility index (Phi) is 5.76. The number of furan rings is 1. The molecule has 2 rings (SSSR count). The van der Waals surface area contributed by atoms with E-state index >= 15 is 0 Å². The van der Waals surface area contributed by atoms with Gasteiger partial charge < -0.3 is 14.5 Å². The minimum Gasteiger partial charge on any atom is -0.452 e. The monoisotopic (exact) mass is 359 g/mol. The number of hydrogen-bond donors (Lipinski definition) is 1. The Labute approximate surface area is 130 Å². The molecule has 0 aliphatic carbocycles. The van der Waals surface area contributed by atoms with Gasteiger partial charge in [-0.2, -0.15) is 8.78 Å². The lowest BCUT2D eigenvalue weighted by atomic mass is 10.0. The zero-order valence-electron chi connectivity index (χ0n) is 11.5. The lowest BCUT2D eigenvalue weighted by Gasteiger charge is -2.17. The van der Waals surface area contributed by atoms with Crippen LogP contribution in [-0.4, -0.2) is 13.2 Å². The standard InChI is InChI=1S/C15H16BrF2NO2/c1-2-8-19-14(12-6-7-13(16)21-12)10-4-3-5-11(9-10)20-15(17)18/h3-7,9,14-15,19H,2,8H2,1H3. The minimum absolute atomic E-state index is 0.136. The van der Waals surface area contributed by atoms with Crippen molar-refractivity contribution in [2.45, 2.75) is 26.0 Å². The van der Waals surface area contributed by atoms with E-state index in [0.717, 1.165) is 18.5 Å². The molecular formula is C15H16BrF2NO2. The van der Waals surface area contributed by atoms with E-state index in [2.05, 4.69) is 32.9 Å². The minimum atomic E-state index is -2.83. The first kappa shape index (κ1) is 16.0. The van der Waals surface area contributed by atoms with Gasteiger partial charge in [-0.3, -0.25) is 0 Å². The van der Waals surface area contributed by atoms with Crippen LogP contribution in [0.2, 0.25) is 0 Å². The normalized spacial score (nSPS) is 12.6. The number of rotatable bonds is 7. The fraction of sp³-hybridized carbons (Fsp3) is 0.333. The third kappa shape index (κ3) is 4.54. The molecule has 1 aromatic carbocycles. The molecule has 0 aliphatic heterocycles. The van der Waals surface area contributed by atoms with Gasteiger partial charge in [0.15, 0.2) is 4.67 Å². The van der Waals surface area contributed by atoms with Crippen LogP contribution in [0.1, 0.15) is 30.7 Å². The highest BCUT2D eigenvalue weighted by Gasteiger charge is 2.18. The molecule has 6 heteroatoms. The van der Waals surface area contributed by atoms with Crippen molar-refractivity contribution in [3.05, 3.63) is 52.4 Å². The second-order valence-corrected chi connectivity index (χ2v) is 5.26. The van der Waals surface area contributed by atoms with Gasteiger partial charge in [0.25, 0.3) is 0 Å². The number of ether oxygens (including phenoxy) is 1. The topological polar surface area (TPSA) is 34.4 Å². The third-order valence-electron chi connectivity index (χ3n) is 2.89. The molecule has 21 heavy (non-hydrogen) atoms. The van der Waals surface area contributed by atoms with E-state index in [1.54, 1.807) is 18.2 Å². The van der Waals surface area contributed by atoms with Gasteiger partial charge in [-0.1, -0.05) is 19.1 Å². The van der Waals surface area contributed by atoms with Gasteiger partial charge >= 0.3 is 6.61 Å². The summed E-state index contributed by atoms with van der Waals surface area (Å²) in [6.45, 7) is 0.00140. The van der Waals surface area contributed by atoms with E-state index in [1.165, 1.54) is 6.07 Å². The van der Waals surface area contributed by atoms with E-state index in [0.29, 0.717) is 10.4 Å². The Morgan fingerprint density at radius 1 is 1.29 bits per heavy atom. The predicted molar refractivity (Wildman–Crippen MR) is 79.6 cm³/mol. The SMILES string of the molecule is CCCNC(c1cccc(OC(F)F)c1)c1ccc(Br)o1. The molecule has 0 radical (unpaired) electrons. The molecule has 0 saturated carbocycles. The zero-order chi connectivity index (χ0) is 15.2. The molecule has 0 saturated heterocycles. The zero-order valence-corrected chi connectivity index (χ0v) is 13.1. The molecule has 114 valence electrons. The third-order valence-corrected chi connectivity index (χ3v) is 3.32. The van der Waals surface area contributed by atoms with Crippen molar-refractivity contribution in [1.82, 2.24) is 5.32 Å². The molecule has 3 nitrogen and oxygen atoms in total. The lowest BCUT2D eigenvalue weighted by molar-refractivity contribution is -0.0498. The highest BCUT2D eigenvalue weighted by molar-refractivity contribution is 9.10. The summed E-state index contributed by atoms with van der Waals surface area (Å²) in [5, 5.41) is 3.34. The van der Waals surface area contributed by atoms with Gasteiger partial charge in [0, 0.05) is 0 Å². The van der Waals surface area contributed by atoms with Crippen molar-refractivity contribution in [1.29, 1.82) is 0 Å².